The molecule has 1 heterocycles. The zero-order valence-electron chi connectivity index (χ0n) is 10.2. The van der Waals surface area contributed by atoms with Crippen molar-refractivity contribution in [3.05, 3.63) is 46.4 Å². The molecule has 0 spiro atoms. The Balaban J connectivity index is 2.49. The summed E-state index contributed by atoms with van der Waals surface area (Å²) >= 11 is 0. The number of hydrogen-bond acceptors (Lipinski definition) is 3. The van der Waals surface area contributed by atoms with Crippen molar-refractivity contribution in [2.75, 3.05) is 13.1 Å². The number of nitrogens with one attached hydrogen (secondary N) is 2. The van der Waals surface area contributed by atoms with Crippen LogP contribution in [0.5, 0.6) is 0 Å². The second kappa shape index (κ2) is 5.51. The molecule has 1 fully saturated rings. The Kier molecular flexibility index (Phi) is 3.92. The van der Waals surface area contributed by atoms with E-state index in [4.69, 9.17) is 0 Å². The highest BCUT2D eigenvalue weighted by Gasteiger charge is 2.29. The summed E-state index contributed by atoms with van der Waals surface area (Å²) in [4.78, 5) is 23.0. The summed E-state index contributed by atoms with van der Waals surface area (Å²) in [5.41, 5.74) is -1.94. The van der Waals surface area contributed by atoms with Crippen molar-refractivity contribution < 1.29 is 31.5 Å². The molecule has 21 heavy (non-hydrogen) atoms. The summed E-state index contributed by atoms with van der Waals surface area (Å²) in [5, 5.41) is 4.80. The van der Waals surface area contributed by atoms with Gasteiger partial charge in [0.2, 0.25) is 5.82 Å². The van der Waals surface area contributed by atoms with E-state index in [0.29, 0.717) is 6.08 Å². The molecule has 0 unspecified atom stereocenters. The molecular weight excluding hydrogens is 299 g/mol. The number of benzene rings is 1. The molecule has 4 nitrogen and oxygen atoms in total. The minimum absolute atomic E-state index is 0.252. The van der Waals surface area contributed by atoms with Gasteiger partial charge in [-0.15, -0.1) is 0 Å². The summed E-state index contributed by atoms with van der Waals surface area (Å²) in [6.45, 7) is 0.523. The van der Waals surface area contributed by atoms with Crippen LogP contribution in [0.3, 0.4) is 0 Å². The summed E-state index contributed by atoms with van der Waals surface area (Å²) < 4.78 is 65.7. The zero-order valence-corrected chi connectivity index (χ0v) is 10.2. The monoisotopic (exact) mass is 306 g/mol. The van der Waals surface area contributed by atoms with E-state index in [1.807, 2.05) is 0 Å². The Labute approximate surface area is 114 Å². The van der Waals surface area contributed by atoms with E-state index in [0.717, 1.165) is 0 Å². The molecule has 1 aliphatic rings. The van der Waals surface area contributed by atoms with Crippen LogP contribution < -0.4 is 10.6 Å². The molecular formula is C12H7F5N2O2. The Morgan fingerprint density at radius 3 is 1.86 bits per heavy atom. The second-order valence-electron chi connectivity index (χ2n) is 4.05. The lowest BCUT2D eigenvalue weighted by molar-refractivity contribution is -0.118. The third kappa shape index (κ3) is 2.58. The van der Waals surface area contributed by atoms with Crippen molar-refractivity contribution in [2.45, 2.75) is 0 Å². The van der Waals surface area contributed by atoms with Gasteiger partial charge in [-0.1, -0.05) is 0 Å². The fourth-order valence-corrected chi connectivity index (χ4v) is 1.69. The zero-order chi connectivity index (χ0) is 15.7. The number of allylic oxidation sites excluding steroid dienone is 1. The van der Waals surface area contributed by atoms with Gasteiger partial charge in [0.05, 0.1) is 5.56 Å². The highest BCUT2D eigenvalue weighted by atomic mass is 19.2. The summed E-state index contributed by atoms with van der Waals surface area (Å²) in [7, 11) is 0. The van der Waals surface area contributed by atoms with Crippen LogP contribution in [0.4, 0.5) is 22.0 Å². The molecule has 1 saturated heterocycles. The third-order valence-electron chi connectivity index (χ3n) is 2.70. The predicted molar refractivity (Wildman–Crippen MR) is 59.7 cm³/mol. The number of carbonyl (C=O) groups excluding carboxylic acids is 2. The lowest BCUT2D eigenvalue weighted by atomic mass is 10.1. The van der Waals surface area contributed by atoms with Gasteiger partial charge in [-0.05, 0) is 0 Å². The van der Waals surface area contributed by atoms with E-state index in [9.17, 15) is 31.5 Å². The number of hydrogen-bond donors (Lipinski definition) is 2. The first-order valence-electron chi connectivity index (χ1n) is 5.64. The summed E-state index contributed by atoms with van der Waals surface area (Å²) in [5.74, 6) is -13.5. The largest absolute Gasteiger partial charge is 0.379 e. The van der Waals surface area contributed by atoms with E-state index in [2.05, 4.69) is 10.6 Å². The van der Waals surface area contributed by atoms with Gasteiger partial charge in [-0.3, -0.25) is 9.59 Å². The molecule has 2 N–H and O–H groups in total. The number of carbonyl (C=O) groups is 2. The molecule has 9 heteroatoms. The topological polar surface area (TPSA) is 58.2 Å². The van der Waals surface area contributed by atoms with Crippen LogP contribution in [0.1, 0.15) is 10.4 Å². The Bertz CT molecular complexity index is 643. The van der Waals surface area contributed by atoms with Crippen LogP contribution >= 0.6 is 0 Å². The molecule has 1 amide bonds. The smallest absolute Gasteiger partial charge is 0.267 e. The maximum absolute atomic E-state index is 13.4. The molecule has 0 aliphatic carbocycles. The average molecular weight is 306 g/mol. The van der Waals surface area contributed by atoms with Gasteiger partial charge in [0.25, 0.3) is 5.91 Å². The van der Waals surface area contributed by atoms with Gasteiger partial charge >= 0.3 is 0 Å². The number of rotatable bonds is 2. The van der Waals surface area contributed by atoms with E-state index >= 15 is 0 Å². The summed E-state index contributed by atoms with van der Waals surface area (Å²) in [6.07, 6.45) is 0.479. The number of piperazine rings is 1. The van der Waals surface area contributed by atoms with Crippen molar-refractivity contribution in [1.29, 1.82) is 0 Å². The van der Waals surface area contributed by atoms with Crippen LogP contribution in [0.2, 0.25) is 0 Å². The molecule has 0 saturated carbocycles. The third-order valence-corrected chi connectivity index (χ3v) is 2.70. The van der Waals surface area contributed by atoms with Crippen molar-refractivity contribution >= 4 is 11.7 Å². The first-order chi connectivity index (χ1) is 9.84. The molecule has 1 aromatic rings. The van der Waals surface area contributed by atoms with Crippen LogP contribution in [0.25, 0.3) is 0 Å². The van der Waals surface area contributed by atoms with Crippen LogP contribution in [0, 0.1) is 29.1 Å². The first kappa shape index (κ1) is 14.9. The van der Waals surface area contributed by atoms with Gasteiger partial charge in [0, 0.05) is 19.2 Å². The minimum Gasteiger partial charge on any atom is -0.379 e. The van der Waals surface area contributed by atoms with E-state index in [-0.39, 0.29) is 18.8 Å². The average Bonchev–Trinajstić information content (AvgIpc) is 2.46. The van der Waals surface area contributed by atoms with E-state index < -0.39 is 46.3 Å². The lowest BCUT2D eigenvalue weighted by Crippen LogP contribution is -2.43. The van der Waals surface area contributed by atoms with Crippen LogP contribution in [-0.4, -0.2) is 24.8 Å². The van der Waals surface area contributed by atoms with E-state index in [1.54, 1.807) is 0 Å². The highest BCUT2D eigenvalue weighted by Crippen LogP contribution is 2.23. The molecule has 0 radical (unpaired) electrons. The Morgan fingerprint density at radius 2 is 1.33 bits per heavy atom. The Hall–Kier alpha value is -2.45. The summed E-state index contributed by atoms with van der Waals surface area (Å²) in [6, 6.07) is 0. The maximum atomic E-state index is 13.4. The van der Waals surface area contributed by atoms with Gasteiger partial charge in [0.15, 0.2) is 29.1 Å². The van der Waals surface area contributed by atoms with Gasteiger partial charge in [-0.2, -0.15) is 0 Å². The fraction of sp³-hybridized carbons (Fsp3) is 0.167. The first-order valence-corrected chi connectivity index (χ1v) is 5.64. The lowest BCUT2D eigenvalue weighted by Gasteiger charge is -2.17. The van der Waals surface area contributed by atoms with Crippen molar-refractivity contribution in [3.8, 4) is 0 Å². The number of halogens is 5. The quantitative estimate of drug-likeness (QED) is 0.283. The molecule has 1 aromatic carbocycles. The van der Waals surface area contributed by atoms with E-state index in [1.165, 1.54) is 0 Å². The highest BCUT2D eigenvalue weighted by molar-refractivity contribution is 6.09. The standard InChI is InChI=1S/C12H7F5N2O2/c13-7-6(8(14)10(16)11(17)9(7)15)5(20)3-4-12(21)19-2-1-18-4/h3,18H,1-2H2,(H,19,21)/b4-3+. The number of amides is 1. The number of ketones is 1. The van der Waals surface area contributed by atoms with Crippen LogP contribution in [0.15, 0.2) is 11.8 Å². The Morgan fingerprint density at radius 1 is 0.857 bits per heavy atom. The van der Waals surface area contributed by atoms with Gasteiger partial charge in [0.1, 0.15) is 5.70 Å². The van der Waals surface area contributed by atoms with Crippen molar-refractivity contribution in [3.63, 3.8) is 0 Å². The van der Waals surface area contributed by atoms with Gasteiger partial charge in [-0.25, -0.2) is 22.0 Å². The van der Waals surface area contributed by atoms with Gasteiger partial charge < -0.3 is 10.6 Å². The molecule has 0 aromatic heterocycles. The normalized spacial score (nSPS) is 16.6. The fourth-order valence-electron chi connectivity index (χ4n) is 1.69. The van der Waals surface area contributed by atoms with Crippen molar-refractivity contribution in [2.24, 2.45) is 0 Å². The molecule has 2 rings (SSSR count). The van der Waals surface area contributed by atoms with Crippen LogP contribution in [-0.2, 0) is 4.79 Å². The second-order valence-corrected chi connectivity index (χ2v) is 4.05. The minimum atomic E-state index is -2.36. The molecule has 0 bridgehead atoms. The SMILES string of the molecule is O=C1NCCN/C1=C/C(=O)c1c(F)c(F)c(F)c(F)c1F. The van der Waals surface area contributed by atoms with Crippen molar-refractivity contribution in [1.82, 2.24) is 10.6 Å². The predicted octanol–water partition coefficient (Wildman–Crippen LogP) is 1.17. The molecule has 1 aliphatic heterocycles. The molecule has 0 atom stereocenters. The maximum Gasteiger partial charge on any atom is 0.267 e. The molecule has 112 valence electrons.